The van der Waals surface area contributed by atoms with Crippen LogP contribution in [0.4, 0.5) is 0 Å². The number of methoxy groups -OCH3 is 2. The number of hydrogen-bond acceptors (Lipinski definition) is 8. The van der Waals surface area contributed by atoms with E-state index in [1.54, 1.807) is 47.9 Å². The second-order valence-electron chi connectivity index (χ2n) is 6.84. The SMILES string of the molecule is CCOC(=O)Cn1c(=NC(=O)c2cc(=O)c3ccccc3o2)sc2cc(OC)c(OC)cc21. The van der Waals surface area contributed by atoms with E-state index in [2.05, 4.69) is 4.99 Å². The zero-order valence-corrected chi connectivity index (χ0v) is 18.9. The van der Waals surface area contributed by atoms with Crippen molar-refractivity contribution in [1.82, 2.24) is 4.57 Å². The van der Waals surface area contributed by atoms with Crippen LogP contribution in [0.5, 0.6) is 11.5 Å². The summed E-state index contributed by atoms with van der Waals surface area (Å²) in [5.74, 6) is -0.486. The molecule has 0 atom stereocenters. The number of benzene rings is 2. The van der Waals surface area contributed by atoms with Gasteiger partial charge in [-0.3, -0.25) is 14.4 Å². The average molecular weight is 468 g/mol. The number of ether oxygens (including phenoxy) is 3. The van der Waals surface area contributed by atoms with Crippen molar-refractivity contribution in [3.05, 3.63) is 63.2 Å². The normalized spacial score (nSPS) is 11.7. The summed E-state index contributed by atoms with van der Waals surface area (Å²) < 4.78 is 23.7. The predicted octanol–water partition coefficient (Wildman–Crippen LogP) is 3.13. The van der Waals surface area contributed by atoms with Crippen molar-refractivity contribution in [2.75, 3.05) is 20.8 Å². The molecular formula is C23H20N2O7S. The van der Waals surface area contributed by atoms with Crippen LogP contribution in [0.15, 0.2) is 56.7 Å². The minimum absolute atomic E-state index is 0.170. The Balaban J connectivity index is 1.88. The number of nitrogens with zero attached hydrogens (tertiary/aromatic N) is 2. The summed E-state index contributed by atoms with van der Waals surface area (Å²) in [6.45, 7) is 1.75. The fraction of sp³-hybridized carbons (Fsp3) is 0.217. The first-order chi connectivity index (χ1) is 15.9. The highest BCUT2D eigenvalue weighted by Crippen LogP contribution is 2.33. The molecular weight excluding hydrogens is 448 g/mol. The number of rotatable bonds is 6. The van der Waals surface area contributed by atoms with Gasteiger partial charge in [-0.2, -0.15) is 4.99 Å². The van der Waals surface area contributed by atoms with Crippen LogP contribution < -0.4 is 19.7 Å². The van der Waals surface area contributed by atoms with Gasteiger partial charge < -0.3 is 23.2 Å². The Labute approximate surface area is 191 Å². The van der Waals surface area contributed by atoms with Crippen molar-refractivity contribution in [1.29, 1.82) is 0 Å². The van der Waals surface area contributed by atoms with Crippen LogP contribution in [-0.2, 0) is 16.1 Å². The van der Waals surface area contributed by atoms with E-state index >= 15 is 0 Å². The summed E-state index contributed by atoms with van der Waals surface area (Å²) in [6, 6.07) is 11.2. The van der Waals surface area contributed by atoms with Gasteiger partial charge in [0.2, 0.25) is 0 Å². The van der Waals surface area contributed by atoms with Crippen LogP contribution in [0.25, 0.3) is 21.2 Å². The Kier molecular flexibility index (Phi) is 6.27. The first-order valence-corrected chi connectivity index (χ1v) is 10.8. The van der Waals surface area contributed by atoms with Crippen LogP contribution in [0.3, 0.4) is 0 Å². The van der Waals surface area contributed by atoms with E-state index in [1.165, 1.54) is 25.6 Å². The number of esters is 1. The summed E-state index contributed by atoms with van der Waals surface area (Å²) in [7, 11) is 3.02. The van der Waals surface area contributed by atoms with E-state index in [-0.39, 0.29) is 34.7 Å². The third-order valence-corrected chi connectivity index (χ3v) is 5.86. The van der Waals surface area contributed by atoms with E-state index in [1.807, 2.05) is 0 Å². The number of aromatic nitrogens is 1. The molecule has 2 aromatic carbocycles. The fourth-order valence-corrected chi connectivity index (χ4v) is 4.36. The van der Waals surface area contributed by atoms with E-state index in [0.717, 1.165) is 6.07 Å². The number of para-hydroxylation sites is 1. The van der Waals surface area contributed by atoms with E-state index in [0.29, 0.717) is 27.1 Å². The van der Waals surface area contributed by atoms with Gasteiger partial charge in [0.1, 0.15) is 12.1 Å². The highest BCUT2D eigenvalue weighted by molar-refractivity contribution is 7.16. The van der Waals surface area contributed by atoms with Gasteiger partial charge in [0.15, 0.2) is 27.5 Å². The lowest BCUT2D eigenvalue weighted by atomic mass is 10.2. The predicted molar refractivity (Wildman–Crippen MR) is 122 cm³/mol. The number of carbonyl (C=O) groups is 2. The second-order valence-corrected chi connectivity index (χ2v) is 7.85. The minimum Gasteiger partial charge on any atom is -0.493 e. The molecule has 0 N–H and O–H groups in total. The Morgan fingerprint density at radius 1 is 1.09 bits per heavy atom. The quantitative estimate of drug-likeness (QED) is 0.400. The Morgan fingerprint density at radius 2 is 1.82 bits per heavy atom. The van der Waals surface area contributed by atoms with Crippen LogP contribution in [-0.4, -0.2) is 37.3 Å². The molecule has 0 aliphatic heterocycles. The van der Waals surface area contributed by atoms with Gasteiger partial charge in [0.25, 0.3) is 0 Å². The molecule has 9 nitrogen and oxygen atoms in total. The van der Waals surface area contributed by atoms with E-state index in [4.69, 9.17) is 18.6 Å². The highest BCUT2D eigenvalue weighted by atomic mass is 32.1. The number of fused-ring (bicyclic) bond motifs is 2. The topological polar surface area (TPSA) is 109 Å². The van der Waals surface area contributed by atoms with Crippen molar-refractivity contribution in [2.24, 2.45) is 4.99 Å². The molecule has 4 rings (SSSR count). The van der Waals surface area contributed by atoms with Gasteiger partial charge in [0, 0.05) is 18.2 Å². The van der Waals surface area contributed by atoms with Crippen LogP contribution >= 0.6 is 11.3 Å². The van der Waals surface area contributed by atoms with Gasteiger partial charge in [-0.25, -0.2) is 0 Å². The number of thiazole rings is 1. The molecule has 4 aromatic rings. The summed E-state index contributed by atoms with van der Waals surface area (Å²) in [5, 5.41) is 0.368. The smallest absolute Gasteiger partial charge is 0.326 e. The summed E-state index contributed by atoms with van der Waals surface area (Å²) in [6.07, 6.45) is 0. The van der Waals surface area contributed by atoms with Crippen molar-refractivity contribution in [2.45, 2.75) is 13.5 Å². The van der Waals surface area contributed by atoms with Gasteiger partial charge in [-0.15, -0.1) is 0 Å². The minimum atomic E-state index is -0.749. The number of carbonyl (C=O) groups excluding carboxylic acids is 2. The molecule has 0 bridgehead atoms. The van der Waals surface area contributed by atoms with Gasteiger partial charge in [-0.05, 0) is 19.1 Å². The van der Waals surface area contributed by atoms with Crippen molar-refractivity contribution < 1.29 is 28.2 Å². The molecule has 33 heavy (non-hydrogen) atoms. The molecule has 0 radical (unpaired) electrons. The molecule has 10 heteroatoms. The lowest BCUT2D eigenvalue weighted by molar-refractivity contribution is -0.143. The zero-order valence-electron chi connectivity index (χ0n) is 18.1. The molecule has 170 valence electrons. The second kappa shape index (κ2) is 9.29. The average Bonchev–Trinajstić information content (AvgIpc) is 3.13. The zero-order chi connectivity index (χ0) is 23.5. The van der Waals surface area contributed by atoms with Crippen LogP contribution in [0, 0.1) is 0 Å². The largest absolute Gasteiger partial charge is 0.493 e. The molecule has 1 amide bonds. The standard InChI is InChI=1S/C23H20N2O7S/c1-4-31-21(27)12-25-14-9-17(29-2)18(30-3)11-20(14)33-23(25)24-22(28)19-10-15(26)13-7-5-6-8-16(13)32-19/h5-11H,4,12H2,1-3H3. The molecule has 2 heterocycles. The molecule has 0 unspecified atom stereocenters. The molecule has 0 spiro atoms. The molecule has 0 saturated heterocycles. The molecule has 0 aliphatic rings. The Bertz CT molecular complexity index is 1500. The van der Waals surface area contributed by atoms with Crippen molar-refractivity contribution in [3.8, 4) is 11.5 Å². The first-order valence-electron chi connectivity index (χ1n) is 9.98. The summed E-state index contributed by atoms with van der Waals surface area (Å²) in [5.41, 5.74) is 0.548. The third-order valence-electron chi connectivity index (χ3n) is 4.82. The molecule has 0 saturated carbocycles. The van der Waals surface area contributed by atoms with Gasteiger partial charge in [0.05, 0.1) is 36.4 Å². The molecule has 2 aromatic heterocycles. The maximum absolute atomic E-state index is 12.9. The number of hydrogen-bond donors (Lipinski definition) is 0. The third kappa shape index (κ3) is 4.37. The van der Waals surface area contributed by atoms with Crippen molar-refractivity contribution in [3.63, 3.8) is 0 Å². The molecule has 0 aliphatic carbocycles. The van der Waals surface area contributed by atoms with Gasteiger partial charge in [-0.1, -0.05) is 23.5 Å². The summed E-state index contributed by atoms with van der Waals surface area (Å²) in [4.78, 5) is 41.9. The fourth-order valence-electron chi connectivity index (χ4n) is 3.32. The molecule has 0 fully saturated rings. The number of amides is 1. The Hall–Kier alpha value is -3.92. The first kappa shape index (κ1) is 22.3. The van der Waals surface area contributed by atoms with Crippen molar-refractivity contribution >= 4 is 44.4 Å². The monoisotopic (exact) mass is 468 g/mol. The summed E-state index contributed by atoms with van der Waals surface area (Å²) >= 11 is 1.18. The van der Waals surface area contributed by atoms with Gasteiger partial charge >= 0.3 is 11.9 Å². The van der Waals surface area contributed by atoms with Crippen LogP contribution in [0.1, 0.15) is 17.5 Å². The van der Waals surface area contributed by atoms with E-state index < -0.39 is 11.9 Å². The maximum atomic E-state index is 12.9. The lowest BCUT2D eigenvalue weighted by Gasteiger charge is -2.09. The Morgan fingerprint density at radius 3 is 2.55 bits per heavy atom. The van der Waals surface area contributed by atoms with Crippen LogP contribution in [0.2, 0.25) is 0 Å². The lowest BCUT2D eigenvalue weighted by Crippen LogP contribution is -2.23. The maximum Gasteiger partial charge on any atom is 0.326 e. The van der Waals surface area contributed by atoms with E-state index in [9.17, 15) is 14.4 Å². The highest BCUT2D eigenvalue weighted by Gasteiger charge is 2.17.